The van der Waals surface area contributed by atoms with Crippen LogP contribution in [0.4, 0.5) is 5.82 Å². The quantitative estimate of drug-likeness (QED) is 0.175. The highest BCUT2D eigenvalue weighted by Crippen LogP contribution is 2.22. The lowest BCUT2D eigenvalue weighted by atomic mass is 10.1. The van der Waals surface area contributed by atoms with Gasteiger partial charge in [0.25, 0.3) is 0 Å². The van der Waals surface area contributed by atoms with Crippen molar-refractivity contribution in [3.63, 3.8) is 0 Å². The molecule has 0 unspecified atom stereocenters. The van der Waals surface area contributed by atoms with Crippen LogP contribution in [-0.4, -0.2) is 34.3 Å². The first kappa shape index (κ1) is 25.6. The number of nitriles is 1. The number of halogens is 1. The van der Waals surface area contributed by atoms with E-state index in [0.717, 1.165) is 34.3 Å². The lowest BCUT2D eigenvalue weighted by molar-refractivity contribution is 0.722. The lowest BCUT2D eigenvalue weighted by Gasteiger charge is -2.11. The summed E-state index contributed by atoms with van der Waals surface area (Å²) in [5.41, 5.74) is 10.4. The fraction of sp³-hybridized carbons (Fsp3) is 0.364. The van der Waals surface area contributed by atoms with Gasteiger partial charge in [-0.1, -0.05) is 17.7 Å². The molecule has 0 atom stereocenters. The number of nitrogens with two attached hydrogens (primary N) is 1. The van der Waals surface area contributed by atoms with E-state index in [1.54, 1.807) is 23.1 Å². The molecule has 10 heteroatoms. The lowest BCUT2D eigenvalue weighted by Crippen LogP contribution is -2.37. The third-order valence-corrected chi connectivity index (χ3v) is 5.98. The summed E-state index contributed by atoms with van der Waals surface area (Å²) in [7, 11) is 1.75. The molecule has 2 heterocycles. The Hall–Kier alpha value is -2.65. The number of nitrogens with zero attached hydrogens (tertiary/aromatic N) is 5. The molecule has 0 radical (unpaired) electrons. The van der Waals surface area contributed by atoms with Crippen LogP contribution in [0, 0.1) is 32.1 Å². The molecule has 0 aliphatic heterocycles. The molecule has 2 aromatic heterocycles. The van der Waals surface area contributed by atoms with Crippen molar-refractivity contribution in [1.82, 2.24) is 25.4 Å². The molecule has 32 heavy (non-hydrogen) atoms. The van der Waals surface area contributed by atoms with Gasteiger partial charge in [-0.15, -0.1) is 35.3 Å². The molecule has 3 aromatic rings. The number of aryl methyl sites for hydroxylation is 4. The van der Waals surface area contributed by atoms with Crippen LogP contribution in [0.1, 0.15) is 38.8 Å². The van der Waals surface area contributed by atoms with Gasteiger partial charge in [0.15, 0.2) is 5.96 Å². The molecule has 0 aliphatic carbocycles. The van der Waals surface area contributed by atoms with Crippen LogP contribution in [0.5, 0.6) is 0 Å². The molecule has 8 nitrogen and oxygen atoms in total. The number of thiazole rings is 1. The number of nitrogens with one attached hydrogen (secondary N) is 2. The van der Waals surface area contributed by atoms with Gasteiger partial charge in [-0.3, -0.25) is 4.99 Å². The molecule has 0 aliphatic rings. The monoisotopic (exact) mass is 564 g/mol. The molecule has 0 saturated carbocycles. The van der Waals surface area contributed by atoms with Crippen molar-refractivity contribution in [2.45, 2.75) is 40.2 Å². The zero-order valence-corrected chi connectivity index (χ0v) is 21.9. The van der Waals surface area contributed by atoms with E-state index in [4.69, 9.17) is 5.73 Å². The summed E-state index contributed by atoms with van der Waals surface area (Å²) in [5.74, 6) is 1.11. The zero-order valence-electron chi connectivity index (χ0n) is 18.8. The molecule has 0 amide bonds. The topological polar surface area (TPSA) is 117 Å². The molecule has 3 rings (SSSR count). The second-order valence-electron chi connectivity index (χ2n) is 7.26. The van der Waals surface area contributed by atoms with E-state index in [-0.39, 0.29) is 24.0 Å². The van der Waals surface area contributed by atoms with E-state index in [2.05, 4.69) is 31.8 Å². The SMILES string of the molecule is CN=C(NCCCc1nn(-c2ccc(C)cc2)c(N)c1C#N)NCc1sc(C)nc1C.I. The van der Waals surface area contributed by atoms with Crippen molar-refractivity contribution in [3.8, 4) is 11.8 Å². The van der Waals surface area contributed by atoms with Crippen LogP contribution in [0.3, 0.4) is 0 Å². The van der Waals surface area contributed by atoms with Crippen LogP contribution >= 0.6 is 35.3 Å². The van der Waals surface area contributed by atoms with E-state index >= 15 is 0 Å². The summed E-state index contributed by atoms with van der Waals surface area (Å²) in [6, 6.07) is 10.1. The van der Waals surface area contributed by atoms with Crippen molar-refractivity contribution >= 4 is 47.1 Å². The third-order valence-electron chi connectivity index (χ3n) is 4.91. The Kier molecular flexibility index (Phi) is 9.46. The molecular formula is C22H29IN8S. The zero-order chi connectivity index (χ0) is 22.4. The van der Waals surface area contributed by atoms with Gasteiger partial charge in [-0.2, -0.15) is 10.4 Å². The van der Waals surface area contributed by atoms with E-state index in [1.165, 1.54) is 4.88 Å². The summed E-state index contributed by atoms with van der Waals surface area (Å²) in [4.78, 5) is 9.92. The first-order chi connectivity index (χ1) is 14.9. The van der Waals surface area contributed by atoms with E-state index < -0.39 is 0 Å². The largest absolute Gasteiger partial charge is 0.382 e. The number of rotatable bonds is 7. The summed E-state index contributed by atoms with van der Waals surface area (Å²) < 4.78 is 1.64. The van der Waals surface area contributed by atoms with Crippen molar-refractivity contribution in [2.24, 2.45) is 4.99 Å². The molecular weight excluding hydrogens is 535 g/mol. The van der Waals surface area contributed by atoms with Crippen molar-refractivity contribution in [3.05, 3.63) is 56.7 Å². The molecule has 1 aromatic carbocycles. The maximum Gasteiger partial charge on any atom is 0.191 e. The number of guanidine groups is 1. The second kappa shape index (κ2) is 11.8. The van der Waals surface area contributed by atoms with Crippen molar-refractivity contribution in [2.75, 3.05) is 19.3 Å². The summed E-state index contributed by atoms with van der Waals surface area (Å²) in [5, 5.41) is 21.8. The highest BCUT2D eigenvalue weighted by molar-refractivity contribution is 14.0. The van der Waals surface area contributed by atoms with Crippen LogP contribution in [0.15, 0.2) is 29.3 Å². The fourth-order valence-electron chi connectivity index (χ4n) is 3.24. The number of hydrogen-bond acceptors (Lipinski definition) is 6. The Morgan fingerprint density at radius 1 is 1.22 bits per heavy atom. The molecule has 0 saturated heterocycles. The normalized spacial score (nSPS) is 11.0. The average molecular weight is 565 g/mol. The van der Waals surface area contributed by atoms with E-state index in [0.29, 0.717) is 36.6 Å². The van der Waals surface area contributed by atoms with Crippen LogP contribution < -0.4 is 16.4 Å². The predicted molar refractivity (Wildman–Crippen MR) is 141 cm³/mol. The minimum absolute atomic E-state index is 0. The Morgan fingerprint density at radius 3 is 2.53 bits per heavy atom. The van der Waals surface area contributed by atoms with Crippen LogP contribution in [0.25, 0.3) is 5.69 Å². The number of nitrogen functional groups attached to an aromatic ring is 1. The maximum atomic E-state index is 9.56. The first-order valence-corrected chi connectivity index (χ1v) is 11.0. The van der Waals surface area contributed by atoms with Crippen molar-refractivity contribution in [1.29, 1.82) is 5.26 Å². The highest BCUT2D eigenvalue weighted by atomic mass is 127. The number of anilines is 1. The number of benzene rings is 1. The van der Waals surface area contributed by atoms with Crippen molar-refractivity contribution < 1.29 is 0 Å². The van der Waals surface area contributed by atoms with Gasteiger partial charge < -0.3 is 16.4 Å². The van der Waals surface area contributed by atoms with Gasteiger partial charge in [0, 0.05) is 18.5 Å². The first-order valence-electron chi connectivity index (χ1n) is 10.1. The molecule has 0 bridgehead atoms. The van der Waals surface area contributed by atoms with Crippen LogP contribution in [-0.2, 0) is 13.0 Å². The highest BCUT2D eigenvalue weighted by Gasteiger charge is 2.16. The summed E-state index contributed by atoms with van der Waals surface area (Å²) in [6.45, 7) is 7.44. The Morgan fingerprint density at radius 2 is 1.94 bits per heavy atom. The predicted octanol–water partition coefficient (Wildman–Crippen LogP) is 3.62. The van der Waals surface area contributed by atoms with Gasteiger partial charge in [0.05, 0.1) is 28.6 Å². The molecule has 170 valence electrons. The maximum absolute atomic E-state index is 9.56. The standard InChI is InChI=1S/C22H28N8S.HI/c1-14-7-9-17(10-8-14)30-21(24)18(12-23)19(29-30)6-5-11-26-22(25-4)27-13-20-15(2)28-16(3)31-20;/h7-10H,5-6,11,13,24H2,1-4H3,(H2,25,26,27);1H. The Balaban J connectivity index is 0.00000363. The van der Waals surface area contributed by atoms with E-state index in [1.807, 2.05) is 45.0 Å². The number of aliphatic imine (C=N–C) groups is 1. The Bertz CT molecular complexity index is 1110. The van der Waals surface area contributed by atoms with Gasteiger partial charge >= 0.3 is 0 Å². The van der Waals surface area contributed by atoms with Gasteiger partial charge in [-0.05, 0) is 45.7 Å². The minimum Gasteiger partial charge on any atom is -0.382 e. The fourth-order valence-corrected chi connectivity index (χ4v) is 4.12. The van der Waals surface area contributed by atoms with Gasteiger partial charge in [-0.25, -0.2) is 9.67 Å². The van der Waals surface area contributed by atoms with Gasteiger partial charge in [0.1, 0.15) is 17.5 Å². The smallest absolute Gasteiger partial charge is 0.191 e. The number of aromatic nitrogens is 3. The second-order valence-corrected chi connectivity index (χ2v) is 8.55. The van der Waals surface area contributed by atoms with E-state index in [9.17, 15) is 5.26 Å². The average Bonchev–Trinajstić information content (AvgIpc) is 3.25. The number of hydrogen-bond donors (Lipinski definition) is 3. The molecule has 0 spiro atoms. The molecule has 0 fully saturated rings. The Labute approximate surface area is 210 Å². The minimum atomic E-state index is 0. The van der Waals surface area contributed by atoms with Gasteiger partial charge in [0.2, 0.25) is 0 Å². The third kappa shape index (κ3) is 6.20. The summed E-state index contributed by atoms with van der Waals surface area (Å²) >= 11 is 1.69. The molecule has 4 N–H and O–H groups in total. The summed E-state index contributed by atoms with van der Waals surface area (Å²) in [6.07, 6.45) is 1.43. The van der Waals surface area contributed by atoms with Crippen LogP contribution in [0.2, 0.25) is 0 Å².